The van der Waals surface area contributed by atoms with Gasteiger partial charge in [0, 0.05) is 11.3 Å². The first kappa shape index (κ1) is 21.8. The van der Waals surface area contributed by atoms with E-state index in [9.17, 15) is 22.4 Å². The predicted molar refractivity (Wildman–Crippen MR) is 101 cm³/mol. The Hall–Kier alpha value is -3.91. The Morgan fingerprint density at radius 1 is 1.19 bits per heavy atom. The van der Waals surface area contributed by atoms with Crippen LogP contribution in [0.2, 0.25) is 0 Å². The van der Waals surface area contributed by atoms with Gasteiger partial charge in [-0.3, -0.25) is 0 Å². The number of aliphatic hydroxyl groups excluding tert-OH is 1. The Morgan fingerprint density at radius 3 is 2.61 bits per heavy atom. The third-order valence-electron chi connectivity index (χ3n) is 4.20. The smallest absolute Gasteiger partial charge is 0.392 e. The first-order valence-electron chi connectivity index (χ1n) is 8.82. The number of nitrogens with zero attached hydrogens (tertiary/aromatic N) is 3. The molecule has 11 heteroatoms. The average molecular weight is 433 g/mol. The minimum atomic E-state index is -4.71. The summed E-state index contributed by atoms with van der Waals surface area (Å²) in [6.07, 6.45) is -4.71. The van der Waals surface area contributed by atoms with E-state index < -0.39 is 30.3 Å². The Balaban J connectivity index is 1.80. The molecule has 0 fully saturated rings. The molecule has 0 aliphatic rings. The normalized spacial score (nSPS) is 11.1. The van der Waals surface area contributed by atoms with Crippen LogP contribution in [-0.2, 0) is 19.3 Å². The van der Waals surface area contributed by atoms with E-state index >= 15 is 0 Å². The molecule has 160 valence electrons. The SMILES string of the molecule is N#Cc1cccc(-n2nc(C(F)(F)F)cc2CNC(=O)Nc2ccc(CO)c(F)c2)c1. The van der Waals surface area contributed by atoms with E-state index in [1.54, 1.807) is 0 Å². The van der Waals surface area contributed by atoms with Crippen molar-refractivity contribution < 1.29 is 27.5 Å². The van der Waals surface area contributed by atoms with E-state index in [4.69, 9.17) is 10.4 Å². The first-order chi connectivity index (χ1) is 14.7. The summed E-state index contributed by atoms with van der Waals surface area (Å²) < 4.78 is 54.1. The van der Waals surface area contributed by atoms with Crippen molar-refractivity contribution in [3.8, 4) is 11.8 Å². The molecule has 3 aromatic rings. The minimum Gasteiger partial charge on any atom is -0.392 e. The number of anilines is 1. The zero-order chi connectivity index (χ0) is 22.6. The number of aliphatic hydroxyl groups is 1. The average Bonchev–Trinajstić information content (AvgIpc) is 3.17. The van der Waals surface area contributed by atoms with Gasteiger partial charge in [-0.25, -0.2) is 13.9 Å². The third kappa shape index (κ3) is 5.18. The zero-order valence-corrected chi connectivity index (χ0v) is 15.7. The van der Waals surface area contributed by atoms with Crippen molar-refractivity contribution in [2.45, 2.75) is 19.3 Å². The highest BCUT2D eigenvalue weighted by Crippen LogP contribution is 2.29. The zero-order valence-electron chi connectivity index (χ0n) is 15.7. The molecule has 0 saturated carbocycles. The van der Waals surface area contributed by atoms with Gasteiger partial charge in [0.15, 0.2) is 5.69 Å². The lowest BCUT2D eigenvalue weighted by Gasteiger charge is -2.11. The highest BCUT2D eigenvalue weighted by Gasteiger charge is 2.35. The molecule has 0 bridgehead atoms. The van der Waals surface area contributed by atoms with Gasteiger partial charge in [0.2, 0.25) is 0 Å². The maximum absolute atomic E-state index is 13.7. The van der Waals surface area contributed by atoms with Crippen LogP contribution in [0.1, 0.15) is 22.5 Å². The summed E-state index contributed by atoms with van der Waals surface area (Å²) in [6, 6.07) is 11.4. The van der Waals surface area contributed by atoms with Gasteiger partial charge in [0.25, 0.3) is 0 Å². The second-order valence-electron chi connectivity index (χ2n) is 6.36. The maximum Gasteiger partial charge on any atom is 0.435 e. The van der Waals surface area contributed by atoms with Crippen LogP contribution in [-0.4, -0.2) is 20.9 Å². The molecule has 0 radical (unpaired) electrons. The number of carbonyl (C=O) groups is 1. The van der Waals surface area contributed by atoms with E-state index in [2.05, 4.69) is 15.7 Å². The second-order valence-corrected chi connectivity index (χ2v) is 6.36. The maximum atomic E-state index is 13.7. The van der Waals surface area contributed by atoms with Crippen molar-refractivity contribution in [2.75, 3.05) is 5.32 Å². The van der Waals surface area contributed by atoms with Gasteiger partial charge in [-0.1, -0.05) is 12.1 Å². The lowest BCUT2D eigenvalue weighted by molar-refractivity contribution is -0.141. The molecule has 3 N–H and O–H groups in total. The molecule has 0 spiro atoms. The fourth-order valence-electron chi connectivity index (χ4n) is 2.71. The lowest BCUT2D eigenvalue weighted by Crippen LogP contribution is -2.29. The first-order valence-corrected chi connectivity index (χ1v) is 8.82. The Labute approximate surface area is 173 Å². The third-order valence-corrected chi connectivity index (χ3v) is 4.20. The van der Waals surface area contributed by atoms with E-state index in [1.807, 2.05) is 6.07 Å². The van der Waals surface area contributed by atoms with Crippen LogP contribution >= 0.6 is 0 Å². The number of urea groups is 1. The summed E-state index contributed by atoms with van der Waals surface area (Å²) >= 11 is 0. The van der Waals surface area contributed by atoms with Crippen LogP contribution in [0.5, 0.6) is 0 Å². The number of amides is 2. The summed E-state index contributed by atoms with van der Waals surface area (Å²) in [5.74, 6) is -0.717. The number of rotatable bonds is 5. The van der Waals surface area contributed by atoms with E-state index in [1.165, 1.54) is 36.4 Å². The van der Waals surface area contributed by atoms with Gasteiger partial charge in [0.05, 0.1) is 36.2 Å². The van der Waals surface area contributed by atoms with Crippen molar-refractivity contribution >= 4 is 11.7 Å². The molecule has 31 heavy (non-hydrogen) atoms. The van der Waals surface area contributed by atoms with Crippen molar-refractivity contribution in [3.63, 3.8) is 0 Å². The monoisotopic (exact) mass is 433 g/mol. The number of hydrogen-bond donors (Lipinski definition) is 3. The molecule has 0 saturated heterocycles. The molecule has 0 aliphatic heterocycles. The second kappa shape index (κ2) is 8.85. The highest BCUT2D eigenvalue weighted by atomic mass is 19.4. The number of nitrogens with one attached hydrogen (secondary N) is 2. The number of halogens is 4. The molecule has 1 heterocycles. The van der Waals surface area contributed by atoms with Crippen molar-refractivity contribution in [3.05, 3.63) is 76.9 Å². The van der Waals surface area contributed by atoms with Crippen LogP contribution in [0.4, 0.5) is 28.0 Å². The van der Waals surface area contributed by atoms with Crippen LogP contribution in [0, 0.1) is 17.1 Å². The van der Waals surface area contributed by atoms with Crippen LogP contribution in [0.15, 0.2) is 48.5 Å². The van der Waals surface area contributed by atoms with E-state index in [0.29, 0.717) is 0 Å². The summed E-state index contributed by atoms with van der Waals surface area (Å²) in [6.45, 7) is -0.834. The molecule has 0 aliphatic carbocycles. The summed E-state index contributed by atoms with van der Waals surface area (Å²) in [4.78, 5) is 12.1. The van der Waals surface area contributed by atoms with Gasteiger partial charge >= 0.3 is 12.2 Å². The summed E-state index contributed by atoms with van der Waals surface area (Å²) in [7, 11) is 0. The standard InChI is InChI=1S/C20H15F4N5O2/c21-17-7-14(5-4-13(17)11-30)27-19(31)26-10-16-8-18(20(22,23)24)28-29(16)15-3-1-2-12(6-15)9-25/h1-8,30H,10-11H2,(H2,26,27,31). The number of alkyl halides is 3. The van der Waals surface area contributed by atoms with Crippen molar-refractivity contribution in [1.29, 1.82) is 5.26 Å². The Morgan fingerprint density at radius 2 is 1.97 bits per heavy atom. The number of benzene rings is 2. The number of nitriles is 1. The number of carbonyl (C=O) groups excluding carboxylic acids is 1. The van der Waals surface area contributed by atoms with Gasteiger partial charge in [0.1, 0.15) is 5.82 Å². The fourth-order valence-corrected chi connectivity index (χ4v) is 2.71. The van der Waals surface area contributed by atoms with Gasteiger partial charge < -0.3 is 15.7 Å². The fraction of sp³-hybridized carbons (Fsp3) is 0.150. The van der Waals surface area contributed by atoms with Crippen LogP contribution in [0.25, 0.3) is 5.69 Å². The topological polar surface area (TPSA) is 103 Å². The van der Waals surface area contributed by atoms with Gasteiger partial charge in [-0.2, -0.15) is 23.5 Å². The van der Waals surface area contributed by atoms with Gasteiger partial charge in [-0.05, 0) is 36.4 Å². The molecule has 0 unspecified atom stereocenters. The Bertz CT molecular complexity index is 1150. The largest absolute Gasteiger partial charge is 0.435 e. The molecular formula is C20H15F4N5O2. The molecular weight excluding hydrogens is 418 g/mol. The molecule has 2 amide bonds. The van der Waals surface area contributed by atoms with E-state index in [0.717, 1.165) is 16.8 Å². The molecule has 7 nitrogen and oxygen atoms in total. The van der Waals surface area contributed by atoms with Gasteiger partial charge in [-0.15, -0.1) is 0 Å². The Kier molecular flexibility index (Phi) is 6.22. The highest BCUT2D eigenvalue weighted by molar-refractivity contribution is 5.89. The van der Waals surface area contributed by atoms with Crippen molar-refractivity contribution in [1.82, 2.24) is 15.1 Å². The van der Waals surface area contributed by atoms with Crippen LogP contribution in [0.3, 0.4) is 0 Å². The minimum absolute atomic E-state index is 0.0133. The van der Waals surface area contributed by atoms with Crippen LogP contribution < -0.4 is 10.6 Å². The summed E-state index contributed by atoms with van der Waals surface area (Å²) in [5, 5.41) is 26.3. The van der Waals surface area contributed by atoms with E-state index in [-0.39, 0.29) is 34.7 Å². The predicted octanol–water partition coefficient (Wildman–Crippen LogP) is 3.72. The number of hydrogen-bond acceptors (Lipinski definition) is 4. The molecule has 2 aromatic carbocycles. The lowest BCUT2D eigenvalue weighted by atomic mass is 10.2. The number of aromatic nitrogens is 2. The van der Waals surface area contributed by atoms with Crippen molar-refractivity contribution in [2.24, 2.45) is 0 Å². The summed E-state index contributed by atoms with van der Waals surface area (Å²) in [5.41, 5.74) is -0.555. The molecule has 1 aromatic heterocycles. The quantitative estimate of drug-likeness (QED) is 0.534. The molecule has 3 rings (SSSR count). The molecule has 0 atom stereocenters.